The zero-order chi connectivity index (χ0) is 23.9. The molecule has 1 amide bonds. The van der Waals surface area contributed by atoms with Crippen LogP contribution in [0.1, 0.15) is 45.4 Å². The summed E-state index contributed by atoms with van der Waals surface area (Å²) in [7, 11) is 0. The van der Waals surface area contributed by atoms with Crippen molar-refractivity contribution in [1.82, 2.24) is 4.90 Å². The highest BCUT2D eigenvalue weighted by Crippen LogP contribution is 2.34. The smallest absolute Gasteiger partial charge is 0.333 e. The fraction of sp³-hybridized carbons (Fsp3) is 0.143. The fourth-order valence-electron chi connectivity index (χ4n) is 3.82. The molecule has 4 nitrogen and oxygen atoms in total. The molecular weight excluding hydrogens is 449 g/mol. The number of benzene rings is 3. The van der Waals surface area contributed by atoms with Crippen molar-refractivity contribution in [3.8, 4) is 0 Å². The molecule has 0 radical (unpaired) electrons. The summed E-state index contributed by atoms with van der Waals surface area (Å²) in [5.41, 5.74) is 2.05. The van der Waals surface area contributed by atoms with Crippen molar-refractivity contribution < 1.29 is 18.7 Å². The molecule has 172 valence electrons. The van der Waals surface area contributed by atoms with Crippen LogP contribution >= 0.6 is 11.3 Å². The van der Waals surface area contributed by atoms with Gasteiger partial charge in [-0.25, -0.2) is 9.18 Å². The van der Waals surface area contributed by atoms with Crippen LogP contribution in [0.4, 0.5) is 4.39 Å². The third-order valence-electron chi connectivity index (χ3n) is 5.56. The van der Waals surface area contributed by atoms with Crippen molar-refractivity contribution in [1.29, 1.82) is 0 Å². The van der Waals surface area contributed by atoms with E-state index in [1.54, 1.807) is 43.3 Å². The largest absolute Gasteiger partial charge is 0.459 e. The van der Waals surface area contributed by atoms with E-state index < -0.39 is 23.9 Å². The lowest BCUT2D eigenvalue weighted by atomic mass is 9.99. The van der Waals surface area contributed by atoms with Crippen LogP contribution in [-0.4, -0.2) is 16.8 Å². The van der Waals surface area contributed by atoms with E-state index in [1.165, 1.54) is 28.4 Å². The first-order chi connectivity index (χ1) is 16.5. The number of halogens is 1. The molecule has 1 heterocycles. The molecular formula is C28H24FNO3S. The molecule has 1 unspecified atom stereocenters. The molecule has 3 aromatic carbocycles. The zero-order valence-electron chi connectivity index (χ0n) is 18.6. The molecule has 34 heavy (non-hydrogen) atoms. The molecule has 2 atom stereocenters. The number of ether oxygens (including phenoxy) is 1. The molecule has 0 fully saturated rings. The molecule has 0 spiro atoms. The standard InChI is InChI=1S/C28H24FNO3S/c1-20(23-14-8-15-24(29)18-23)30(27(31)25-16-9-17-34-25)26(22-12-6-3-7-13-22)28(32)33-19-21-10-4-2-5-11-21/h2-18,20,26H,19H2,1H3/t20-,26?/m1/s1. The van der Waals surface area contributed by atoms with Gasteiger partial charge in [0.25, 0.3) is 5.91 Å². The number of esters is 1. The minimum atomic E-state index is -1.02. The average molecular weight is 474 g/mol. The van der Waals surface area contributed by atoms with Crippen LogP contribution in [-0.2, 0) is 16.1 Å². The first-order valence-corrected chi connectivity index (χ1v) is 11.8. The van der Waals surface area contributed by atoms with Crippen molar-refractivity contribution in [3.63, 3.8) is 0 Å². The molecule has 6 heteroatoms. The number of hydrogen-bond donors (Lipinski definition) is 0. The minimum Gasteiger partial charge on any atom is -0.459 e. The normalized spacial score (nSPS) is 12.5. The van der Waals surface area contributed by atoms with Crippen LogP contribution in [0.25, 0.3) is 0 Å². The Morgan fingerprint density at radius 1 is 0.882 bits per heavy atom. The van der Waals surface area contributed by atoms with Gasteiger partial charge in [-0.15, -0.1) is 11.3 Å². The SMILES string of the molecule is C[C@H](c1cccc(F)c1)N(C(=O)c1cccs1)C(C(=O)OCc1ccccc1)c1ccccc1. The number of hydrogen-bond acceptors (Lipinski definition) is 4. The maximum atomic E-state index is 14.1. The summed E-state index contributed by atoms with van der Waals surface area (Å²) < 4.78 is 19.8. The first kappa shape index (κ1) is 23.4. The minimum absolute atomic E-state index is 0.0817. The highest BCUT2D eigenvalue weighted by atomic mass is 32.1. The maximum Gasteiger partial charge on any atom is 0.333 e. The van der Waals surface area contributed by atoms with Crippen LogP contribution in [0.5, 0.6) is 0 Å². The van der Waals surface area contributed by atoms with E-state index >= 15 is 0 Å². The lowest BCUT2D eigenvalue weighted by Gasteiger charge is -2.35. The Kier molecular flexibility index (Phi) is 7.50. The Labute approximate surface area is 202 Å². The summed E-state index contributed by atoms with van der Waals surface area (Å²) in [6.45, 7) is 1.87. The summed E-state index contributed by atoms with van der Waals surface area (Å²) in [5.74, 6) is -1.28. The van der Waals surface area contributed by atoms with Gasteiger partial charge in [0.2, 0.25) is 0 Å². The Balaban J connectivity index is 1.75. The lowest BCUT2D eigenvalue weighted by molar-refractivity contribution is -0.151. The monoisotopic (exact) mass is 473 g/mol. The van der Waals surface area contributed by atoms with Gasteiger partial charge in [0, 0.05) is 0 Å². The van der Waals surface area contributed by atoms with Crippen molar-refractivity contribution in [2.24, 2.45) is 0 Å². The van der Waals surface area contributed by atoms with Gasteiger partial charge in [0.15, 0.2) is 6.04 Å². The second kappa shape index (κ2) is 10.9. The number of amides is 1. The van der Waals surface area contributed by atoms with Crippen LogP contribution in [0, 0.1) is 5.82 Å². The van der Waals surface area contributed by atoms with E-state index in [2.05, 4.69) is 0 Å². The summed E-state index contributed by atoms with van der Waals surface area (Å²) in [6.07, 6.45) is 0. The number of carbonyl (C=O) groups is 2. The van der Waals surface area contributed by atoms with Gasteiger partial charge in [-0.3, -0.25) is 4.79 Å². The highest BCUT2D eigenvalue weighted by Gasteiger charge is 2.37. The zero-order valence-corrected chi connectivity index (χ0v) is 19.5. The third-order valence-corrected chi connectivity index (χ3v) is 6.41. The molecule has 1 aromatic heterocycles. The lowest BCUT2D eigenvalue weighted by Crippen LogP contribution is -2.41. The Morgan fingerprint density at radius 2 is 1.56 bits per heavy atom. The summed E-state index contributed by atoms with van der Waals surface area (Å²) in [5, 5.41) is 1.81. The quantitative estimate of drug-likeness (QED) is 0.272. The first-order valence-electron chi connectivity index (χ1n) is 10.9. The highest BCUT2D eigenvalue weighted by molar-refractivity contribution is 7.12. The van der Waals surface area contributed by atoms with E-state index in [9.17, 15) is 14.0 Å². The van der Waals surface area contributed by atoms with Crippen molar-refractivity contribution >= 4 is 23.2 Å². The topological polar surface area (TPSA) is 46.6 Å². The van der Waals surface area contributed by atoms with Crippen molar-refractivity contribution in [2.75, 3.05) is 0 Å². The Hall–Kier alpha value is -3.77. The van der Waals surface area contributed by atoms with Crippen molar-refractivity contribution in [3.05, 3.63) is 130 Å². The number of thiophene rings is 1. The Morgan fingerprint density at radius 3 is 2.21 bits per heavy atom. The molecule has 0 bridgehead atoms. The summed E-state index contributed by atoms with van der Waals surface area (Å²) in [4.78, 5) is 29.3. The van der Waals surface area contributed by atoms with Crippen LogP contribution < -0.4 is 0 Å². The van der Waals surface area contributed by atoms with Gasteiger partial charge in [0.1, 0.15) is 12.4 Å². The van der Waals surface area contributed by atoms with Gasteiger partial charge in [-0.2, -0.15) is 0 Å². The molecule has 0 saturated heterocycles. The van der Waals surface area contributed by atoms with Crippen LogP contribution in [0.3, 0.4) is 0 Å². The van der Waals surface area contributed by atoms with E-state index in [-0.39, 0.29) is 12.5 Å². The fourth-order valence-corrected chi connectivity index (χ4v) is 4.49. The Bertz CT molecular complexity index is 1230. The number of nitrogens with zero attached hydrogens (tertiary/aromatic N) is 1. The molecule has 4 rings (SSSR count). The molecule has 0 aliphatic rings. The van der Waals surface area contributed by atoms with Gasteiger partial charge in [-0.1, -0.05) is 78.9 Å². The molecule has 0 aliphatic heterocycles. The molecule has 0 N–H and O–H groups in total. The average Bonchev–Trinajstić information content (AvgIpc) is 3.41. The number of rotatable bonds is 8. The van der Waals surface area contributed by atoms with Gasteiger partial charge in [-0.05, 0) is 47.2 Å². The van der Waals surface area contributed by atoms with Crippen LogP contribution in [0.15, 0.2) is 102 Å². The molecule has 4 aromatic rings. The second-order valence-electron chi connectivity index (χ2n) is 7.83. The molecule has 0 saturated carbocycles. The van der Waals surface area contributed by atoms with Gasteiger partial charge in [0.05, 0.1) is 10.9 Å². The predicted molar refractivity (Wildman–Crippen MR) is 131 cm³/mol. The number of carbonyl (C=O) groups excluding carboxylic acids is 2. The predicted octanol–water partition coefficient (Wildman–Crippen LogP) is 6.58. The van der Waals surface area contributed by atoms with E-state index in [0.29, 0.717) is 16.0 Å². The maximum absolute atomic E-state index is 14.1. The van der Waals surface area contributed by atoms with E-state index in [0.717, 1.165) is 5.56 Å². The van der Waals surface area contributed by atoms with Crippen LogP contribution in [0.2, 0.25) is 0 Å². The second-order valence-corrected chi connectivity index (χ2v) is 8.77. The van der Waals surface area contributed by atoms with E-state index in [4.69, 9.17) is 4.74 Å². The van der Waals surface area contributed by atoms with Crippen molar-refractivity contribution in [2.45, 2.75) is 25.6 Å². The summed E-state index contributed by atoms with van der Waals surface area (Å²) >= 11 is 1.29. The van der Waals surface area contributed by atoms with Gasteiger partial charge < -0.3 is 9.64 Å². The third kappa shape index (κ3) is 5.41. The van der Waals surface area contributed by atoms with E-state index in [1.807, 2.05) is 53.9 Å². The van der Waals surface area contributed by atoms with Gasteiger partial charge >= 0.3 is 5.97 Å². The molecule has 0 aliphatic carbocycles. The summed E-state index contributed by atoms with van der Waals surface area (Å²) in [6, 6.07) is 26.4.